The number of aliphatic hydroxyl groups is 1. The van der Waals surface area contributed by atoms with Gasteiger partial charge in [-0.3, -0.25) is 4.79 Å². The van der Waals surface area contributed by atoms with Crippen LogP contribution in [0.1, 0.15) is 48.3 Å². The fourth-order valence-electron chi connectivity index (χ4n) is 5.21. The summed E-state index contributed by atoms with van der Waals surface area (Å²) in [5.41, 5.74) is 1.80. The first-order chi connectivity index (χ1) is 13.7. The molecule has 2 N–H and O–H groups in total. The number of fused-ring (bicyclic) bond motifs is 2. The number of rotatable bonds is 2. The number of carbonyl (C=O) groups is 1. The summed E-state index contributed by atoms with van der Waals surface area (Å²) in [4.78, 5) is 23.0. The number of piperidine rings is 1. The minimum Gasteiger partial charge on any atom is -0.385 e. The van der Waals surface area contributed by atoms with Gasteiger partial charge in [0.2, 0.25) is 0 Å². The molecular weight excluding hydrogens is 350 g/mol. The molecule has 0 spiro atoms. The van der Waals surface area contributed by atoms with E-state index in [0.29, 0.717) is 18.8 Å². The van der Waals surface area contributed by atoms with Crippen molar-refractivity contribution in [2.45, 2.75) is 43.7 Å². The van der Waals surface area contributed by atoms with Crippen molar-refractivity contribution in [2.24, 2.45) is 5.92 Å². The van der Waals surface area contributed by atoms with Crippen LogP contribution in [0.5, 0.6) is 0 Å². The van der Waals surface area contributed by atoms with Crippen LogP contribution >= 0.6 is 0 Å². The Bertz CT molecular complexity index is 966. The number of benzene rings is 2. The monoisotopic (exact) mass is 375 g/mol. The summed E-state index contributed by atoms with van der Waals surface area (Å²) in [5.74, 6) is 0.407. The molecule has 5 heteroatoms. The second kappa shape index (κ2) is 6.74. The highest BCUT2D eigenvalue weighted by atomic mass is 16.3. The lowest BCUT2D eigenvalue weighted by molar-refractivity contribution is -0.110. The van der Waals surface area contributed by atoms with Gasteiger partial charge in [0.15, 0.2) is 5.82 Å². The van der Waals surface area contributed by atoms with Crippen molar-refractivity contribution in [3.63, 3.8) is 0 Å². The lowest BCUT2D eigenvalue weighted by atomic mass is 9.66. The molecule has 2 heterocycles. The molecule has 0 bridgehead atoms. The Morgan fingerprint density at radius 1 is 1.07 bits per heavy atom. The van der Waals surface area contributed by atoms with E-state index in [1.165, 1.54) is 0 Å². The highest BCUT2D eigenvalue weighted by Crippen LogP contribution is 2.47. The molecule has 3 atom stereocenters. The fraction of sp³-hybridized carbons (Fsp3) is 0.391. The molecule has 5 nitrogen and oxygen atoms in total. The van der Waals surface area contributed by atoms with Gasteiger partial charge in [-0.1, -0.05) is 55.3 Å². The van der Waals surface area contributed by atoms with Crippen molar-refractivity contribution < 1.29 is 9.90 Å². The largest absolute Gasteiger partial charge is 0.385 e. The molecule has 1 saturated carbocycles. The molecule has 1 amide bonds. The van der Waals surface area contributed by atoms with Crippen LogP contribution in [0.15, 0.2) is 54.6 Å². The van der Waals surface area contributed by atoms with E-state index in [0.717, 1.165) is 42.3 Å². The lowest BCUT2D eigenvalue weighted by Crippen LogP contribution is -2.59. The number of nitrogens with zero attached hydrogens (tertiary/aromatic N) is 2. The van der Waals surface area contributed by atoms with Gasteiger partial charge in [-0.2, -0.15) is 0 Å². The third-order valence-electron chi connectivity index (χ3n) is 6.60. The lowest BCUT2D eigenvalue weighted by Gasteiger charge is -2.52. The number of hydrogen-bond donors (Lipinski definition) is 2. The SMILES string of the molecule is O=C(c1nc2ccccc2[nH]1)N1CC[C@@](O)(c2ccccc2)[C@@H]2CCCCC21. The smallest absolute Gasteiger partial charge is 0.289 e. The van der Waals surface area contributed by atoms with Gasteiger partial charge in [0.1, 0.15) is 0 Å². The van der Waals surface area contributed by atoms with E-state index in [1.807, 2.05) is 59.5 Å². The number of imidazole rings is 1. The fourth-order valence-corrected chi connectivity index (χ4v) is 5.21. The summed E-state index contributed by atoms with van der Waals surface area (Å²) in [7, 11) is 0. The Labute approximate surface area is 164 Å². The highest BCUT2D eigenvalue weighted by Gasteiger charge is 2.50. The predicted octanol–water partition coefficient (Wildman–Crippen LogP) is 3.86. The molecule has 0 radical (unpaired) electrons. The van der Waals surface area contributed by atoms with Crippen LogP contribution in [0, 0.1) is 5.92 Å². The Morgan fingerprint density at radius 3 is 2.64 bits per heavy atom. The van der Waals surface area contributed by atoms with Crippen LogP contribution in [-0.2, 0) is 5.60 Å². The van der Waals surface area contributed by atoms with E-state index in [9.17, 15) is 9.90 Å². The Morgan fingerprint density at radius 2 is 1.82 bits per heavy atom. The van der Waals surface area contributed by atoms with Gasteiger partial charge < -0.3 is 15.0 Å². The van der Waals surface area contributed by atoms with Gasteiger partial charge >= 0.3 is 0 Å². The number of nitrogens with one attached hydrogen (secondary N) is 1. The summed E-state index contributed by atoms with van der Waals surface area (Å²) in [5, 5.41) is 11.7. The highest BCUT2D eigenvalue weighted by molar-refractivity contribution is 5.94. The molecule has 2 aromatic carbocycles. The summed E-state index contributed by atoms with van der Waals surface area (Å²) in [6.07, 6.45) is 4.63. The molecular formula is C23H25N3O2. The molecule has 5 rings (SSSR count). The van der Waals surface area contributed by atoms with Gasteiger partial charge in [0, 0.05) is 18.5 Å². The van der Waals surface area contributed by atoms with Crippen molar-refractivity contribution in [1.82, 2.24) is 14.9 Å². The molecule has 1 aliphatic heterocycles. The minimum absolute atomic E-state index is 0.0495. The predicted molar refractivity (Wildman–Crippen MR) is 108 cm³/mol. The number of hydrogen-bond acceptors (Lipinski definition) is 3. The summed E-state index contributed by atoms with van der Waals surface area (Å²) < 4.78 is 0. The summed E-state index contributed by atoms with van der Waals surface area (Å²) in [6, 6.07) is 17.7. The van der Waals surface area contributed by atoms with Gasteiger partial charge in [0.05, 0.1) is 16.6 Å². The number of aromatic nitrogens is 2. The average molecular weight is 375 g/mol. The van der Waals surface area contributed by atoms with Crippen LogP contribution in [0.3, 0.4) is 0 Å². The van der Waals surface area contributed by atoms with E-state index < -0.39 is 5.60 Å². The van der Waals surface area contributed by atoms with E-state index in [2.05, 4.69) is 9.97 Å². The van der Waals surface area contributed by atoms with E-state index in [-0.39, 0.29) is 17.9 Å². The number of para-hydroxylation sites is 2. The maximum Gasteiger partial charge on any atom is 0.289 e. The van der Waals surface area contributed by atoms with Gasteiger partial charge in [-0.25, -0.2) is 4.98 Å². The molecule has 1 unspecified atom stereocenters. The maximum atomic E-state index is 13.3. The van der Waals surface area contributed by atoms with Crippen molar-refractivity contribution in [2.75, 3.05) is 6.54 Å². The second-order valence-corrected chi connectivity index (χ2v) is 8.10. The number of carbonyl (C=O) groups excluding carboxylic acids is 1. The first-order valence-electron chi connectivity index (χ1n) is 10.2. The topological polar surface area (TPSA) is 69.2 Å². The number of likely N-dealkylation sites (tertiary alicyclic amines) is 1. The van der Waals surface area contributed by atoms with Gasteiger partial charge in [0.25, 0.3) is 5.91 Å². The zero-order valence-electron chi connectivity index (χ0n) is 15.8. The van der Waals surface area contributed by atoms with Crippen molar-refractivity contribution in [3.8, 4) is 0 Å². The van der Waals surface area contributed by atoms with Crippen LogP contribution in [0.2, 0.25) is 0 Å². The Balaban J connectivity index is 1.48. The third-order valence-corrected chi connectivity index (χ3v) is 6.60. The molecule has 2 fully saturated rings. The third kappa shape index (κ3) is 2.73. The molecule has 28 heavy (non-hydrogen) atoms. The molecule has 1 aromatic heterocycles. The maximum absolute atomic E-state index is 13.3. The molecule has 144 valence electrons. The number of H-pyrrole nitrogens is 1. The summed E-state index contributed by atoms with van der Waals surface area (Å²) >= 11 is 0. The zero-order chi connectivity index (χ0) is 19.1. The van der Waals surface area contributed by atoms with Crippen LogP contribution in [-0.4, -0.2) is 38.5 Å². The zero-order valence-corrected chi connectivity index (χ0v) is 15.8. The number of amides is 1. The van der Waals surface area contributed by atoms with Crippen LogP contribution < -0.4 is 0 Å². The van der Waals surface area contributed by atoms with Crippen molar-refractivity contribution >= 4 is 16.9 Å². The van der Waals surface area contributed by atoms with Crippen molar-refractivity contribution in [1.29, 1.82) is 0 Å². The second-order valence-electron chi connectivity index (χ2n) is 8.10. The molecule has 1 aliphatic carbocycles. The van der Waals surface area contributed by atoms with Crippen molar-refractivity contribution in [3.05, 3.63) is 66.0 Å². The molecule has 2 aliphatic rings. The van der Waals surface area contributed by atoms with Gasteiger partial charge in [-0.15, -0.1) is 0 Å². The average Bonchev–Trinajstić information content (AvgIpc) is 3.19. The number of aromatic amines is 1. The Hall–Kier alpha value is -2.66. The minimum atomic E-state index is -0.864. The van der Waals surface area contributed by atoms with E-state index in [1.54, 1.807) is 0 Å². The quantitative estimate of drug-likeness (QED) is 0.715. The van der Waals surface area contributed by atoms with E-state index >= 15 is 0 Å². The van der Waals surface area contributed by atoms with Gasteiger partial charge in [-0.05, 0) is 37.0 Å². The molecule has 1 saturated heterocycles. The van der Waals surface area contributed by atoms with Crippen LogP contribution in [0.25, 0.3) is 11.0 Å². The first kappa shape index (κ1) is 17.4. The standard InChI is InChI=1S/C23H25N3O2/c27-22(21-24-18-11-5-6-12-19(18)25-21)26-15-14-23(28,16-8-2-1-3-9-16)17-10-4-7-13-20(17)26/h1-3,5-6,8-9,11-12,17,20,28H,4,7,10,13-15H2,(H,24,25)/t17-,20?,23-/m1/s1. The molecule has 3 aromatic rings. The normalized spacial score (nSPS) is 27.5. The van der Waals surface area contributed by atoms with E-state index in [4.69, 9.17) is 0 Å². The summed E-state index contributed by atoms with van der Waals surface area (Å²) in [6.45, 7) is 0.544. The Kier molecular flexibility index (Phi) is 4.20. The first-order valence-corrected chi connectivity index (χ1v) is 10.2. The van der Waals surface area contributed by atoms with Crippen LogP contribution in [0.4, 0.5) is 0 Å².